The highest BCUT2D eigenvalue weighted by atomic mass is 32.1. The molecule has 0 aliphatic heterocycles. The van der Waals surface area contributed by atoms with E-state index in [1.807, 2.05) is 18.3 Å². The van der Waals surface area contributed by atoms with Gasteiger partial charge in [-0.15, -0.1) is 11.3 Å². The van der Waals surface area contributed by atoms with Crippen LogP contribution in [0.3, 0.4) is 0 Å². The minimum Gasteiger partial charge on any atom is -0.477 e. The first-order valence-corrected chi connectivity index (χ1v) is 9.33. The second-order valence-corrected chi connectivity index (χ2v) is 6.92. The lowest BCUT2D eigenvalue weighted by Gasteiger charge is -2.10. The van der Waals surface area contributed by atoms with Crippen molar-refractivity contribution in [3.8, 4) is 5.88 Å². The van der Waals surface area contributed by atoms with Gasteiger partial charge in [0.1, 0.15) is 0 Å². The molecular weight excluding hydrogens is 320 g/mol. The Labute approximate surface area is 147 Å². The quantitative estimate of drug-likeness (QED) is 0.570. The Balaban J connectivity index is 1.50. The van der Waals surface area contributed by atoms with Gasteiger partial charge in [0, 0.05) is 23.7 Å². The van der Waals surface area contributed by atoms with Gasteiger partial charge in [0.05, 0.1) is 19.7 Å². The number of thiophene rings is 1. The van der Waals surface area contributed by atoms with E-state index in [9.17, 15) is 0 Å². The first-order valence-electron chi connectivity index (χ1n) is 8.46. The van der Waals surface area contributed by atoms with Gasteiger partial charge in [-0.05, 0) is 42.7 Å². The van der Waals surface area contributed by atoms with Crippen LogP contribution in [0.2, 0.25) is 0 Å². The number of guanidine groups is 1. The third-order valence-electron chi connectivity index (χ3n) is 3.74. The van der Waals surface area contributed by atoms with Gasteiger partial charge in [0.25, 0.3) is 0 Å². The first-order chi connectivity index (χ1) is 11.8. The SMILES string of the molecule is CCNC(=NCc1ccc(OCC2CC2)nc1)NCc1cccs1. The Hall–Kier alpha value is -2.08. The molecule has 0 bridgehead atoms. The number of aromatic nitrogens is 1. The number of rotatable bonds is 8. The van der Waals surface area contributed by atoms with Gasteiger partial charge in [-0.3, -0.25) is 0 Å². The van der Waals surface area contributed by atoms with Crippen molar-refractivity contribution in [2.24, 2.45) is 10.9 Å². The summed E-state index contributed by atoms with van der Waals surface area (Å²) in [6, 6.07) is 8.14. The van der Waals surface area contributed by atoms with Crippen molar-refractivity contribution in [1.82, 2.24) is 15.6 Å². The van der Waals surface area contributed by atoms with Gasteiger partial charge in [-0.25, -0.2) is 9.98 Å². The zero-order valence-corrected chi connectivity index (χ0v) is 14.8. The topological polar surface area (TPSA) is 58.5 Å². The van der Waals surface area contributed by atoms with Crippen molar-refractivity contribution in [1.29, 1.82) is 0 Å². The molecule has 0 radical (unpaired) electrons. The standard InChI is InChI=1S/C18H24N4OS/c1-2-19-18(22-12-16-4-3-9-24-16)21-11-15-7-8-17(20-10-15)23-13-14-5-6-14/h3-4,7-10,14H,2,5-6,11-13H2,1H3,(H2,19,21,22). The Bertz CT molecular complexity index is 636. The summed E-state index contributed by atoms with van der Waals surface area (Å²) in [7, 11) is 0. The van der Waals surface area contributed by atoms with Crippen molar-refractivity contribution < 1.29 is 4.74 Å². The Morgan fingerprint density at radius 2 is 2.25 bits per heavy atom. The highest BCUT2D eigenvalue weighted by Crippen LogP contribution is 2.29. The van der Waals surface area contributed by atoms with Gasteiger partial charge in [0.15, 0.2) is 5.96 Å². The van der Waals surface area contributed by atoms with Crippen molar-refractivity contribution in [3.63, 3.8) is 0 Å². The van der Waals surface area contributed by atoms with E-state index in [4.69, 9.17) is 4.74 Å². The van der Waals surface area contributed by atoms with Crippen LogP contribution in [0.15, 0.2) is 40.8 Å². The van der Waals surface area contributed by atoms with Crippen LogP contribution in [-0.2, 0) is 13.1 Å². The first kappa shape index (κ1) is 16.8. The number of aliphatic imine (C=N–C) groups is 1. The zero-order valence-electron chi connectivity index (χ0n) is 14.0. The fraction of sp³-hybridized carbons (Fsp3) is 0.444. The minimum atomic E-state index is 0.593. The van der Waals surface area contributed by atoms with Crippen LogP contribution in [0.4, 0.5) is 0 Å². The van der Waals surface area contributed by atoms with Gasteiger partial charge in [-0.1, -0.05) is 12.1 Å². The van der Waals surface area contributed by atoms with Crippen LogP contribution >= 0.6 is 11.3 Å². The lowest BCUT2D eigenvalue weighted by Crippen LogP contribution is -2.36. The molecule has 0 aromatic carbocycles. The molecular formula is C18H24N4OS. The summed E-state index contributed by atoms with van der Waals surface area (Å²) in [5.41, 5.74) is 1.07. The average molecular weight is 344 g/mol. The van der Waals surface area contributed by atoms with Crippen molar-refractivity contribution in [3.05, 3.63) is 46.3 Å². The highest BCUT2D eigenvalue weighted by Gasteiger charge is 2.21. The van der Waals surface area contributed by atoms with Crippen LogP contribution in [0.5, 0.6) is 5.88 Å². The van der Waals surface area contributed by atoms with Crippen LogP contribution in [0.1, 0.15) is 30.2 Å². The zero-order chi connectivity index (χ0) is 16.6. The lowest BCUT2D eigenvalue weighted by molar-refractivity contribution is 0.288. The Kier molecular flexibility index (Phi) is 6.07. The summed E-state index contributed by atoms with van der Waals surface area (Å²) in [4.78, 5) is 10.3. The minimum absolute atomic E-state index is 0.593. The maximum atomic E-state index is 5.66. The molecule has 6 heteroatoms. The third kappa shape index (κ3) is 5.53. The number of pyridine rings is 1. The number of ether oxygens (including phenoxy) is 1. The van der Waals surface area contributed by atoms with Crippen LogP contribution in [-0.4, -0.2) is 24.1 Å². The van der Waals surface area contributed by atoms with Crippen molar-refractivity contribution in [2.75, 3.05) is 13.2 Å². The number of hydrogen-bond donors (Lipinski definition) is 2. The van der Waals surface area contributed by atoms with E-state index in [0.717, 1.165) is 37.1 Å². The van der Waals surface area contributed by atoms with E-state index in [2.05, 4.69) is 45.0 Å². The number of nitrogens with zero attached hydrogens (tertiary/aromatic N) is 2. The van der Waals surface area contributed by atoms with Gasteiger partial charge in [-0.2, -0.15) is 0 Å². The van der Waals surface area contributed by atoms with E-state index in [1.165, 1.54) is 17.7 Å². The van der Waals surface area contributed by atoms with E-state index < -0.39 is 0 Å². The molecule has 2 aromatic rings. The predicted octanol–water partition coefficient (Wildman–Crippen LogP) is 3.19. The fourth-order valence-corrected chi connectivity index (χ4v) is 2.82. The molecule has 24 heavy (non-hydrogen) atoms. The molecule has 0 spiro atoms. The second kappa shape index (κ2) is 8.68. The summed E-state index contributed by atoms with van der Waals surface area (Å²) < 4.78 is 5.66. The largest absolute Gasteiger partial charge is 0.477 e. The van der Waals surface area contributed by atoms with Gasteiger partial charge >= 0.3 is 0 Å². The van der Waals surface area contributed by atoms with E-state index in [1.54, 1.807) is 11.3 Å². The van der Waals surface area contributed by atoms with E-state index >= 15 is 0 Å². The molecule has 5 nitrogen and oxygen atoms in total. The highest BCUT2D eigenvalue weighted by molar-refractivity contribution is 7.09. The summed E-state index contributed by atoms with van der Waals surface area (Å²) >= 11 is 1.74. The molecule has 0 amide bonds. The lowest BCUT2D eigenvalue weighted by atomic mass is 10.3. The molecule has 3 rings (SSSR count). The summed E-state index contributed by atoms with van der Waals surface area (Å²) in [6.45, 7) is 5.07. The molecule has 128 valence electrons. The summed E-state index contributed by atoms with van der Waals surface area (Å²) in [6.07, 6.45) is 4.42. The monoisotopic (exact) mass is 344 g/mol. The number of nitrogens with one attached hydrogen (secondary N) is 2. The molecule has 1 aliphatic rings. The Morgan fingerprint density at radius 1 is 1.33 bits per heavy atom. The maximum Gasteiger partial charge on any atom is 0.213 e. The Morgan fingerprint density at radius 3 is 2.92 bits per heavy atom. The van der Waals surface area contributed by atoms with Crippen molar-refractivity contribution in [2.45, 2.75) is 32.9 Å². The van der Waals surface area contributed by atoms with Gasteiger partial charge < -0.3 is 15.4 Å². The van der Waals surface area contributed by atoms with Crippen LogP contribution < -0.4 is 15.4 Å². The molecule has 0 saturated heterocycles. The molecule has 2 N–H and O–H groups in total. The maximum absolute atomic E-state index is 5.66. The molecule has 1 fully saturated rings. The molecule has 2 heterocycles. The summed E-state index contributed by atoms with van der Waals surface area (Å²) in [5, 5.41) is 8.70. The molecule has 1 aliphatic carbocycles. The molecule has 1 saturated carbocycles. The average Bonchev–Trinajstić information content (AvgIpc) is 3.30. The summed E-state index contributed by atoms with van der Waals surface area (Å²) in [5.74, 6) is 2.27. The predicted molar refractivity (Wildman–Crippen MR) is 98.4 cm³/mol. The van der Waals surface area contributed by atoms with Gasteiger partial charge in [0.2, 0.25) is 5.88 Å². The van der Waals surface area contributed by atoms with Crippen LogP contribution in [0, 0.1) is 5.92 Å². The molecule has 2 aromatic heterocycles. The van der Waals surface area contributed by atoms with E-state index in [0.29, 0.717) is 12.4 Å². The fourth-order valence-electron chi connectivity index (χ4n) is 2.17. The smallest absolute Gasteiger partial charge is 0.213 e. The van der Waals surface area contributed by atoms with Crippen molar-refractivity contribution >= 4 is 17.3 Å². The van der Waals surface area contributed by atoms with Crippen LogP contribution in [0.25, 0.3) is 0 Å². The normalized spacial score (nSPS) is 14.5. The number of hydrogen-bond acceptors (Lipinski definition) is 4. The van der Waals surface area contributed by atoms with E-state index in [-0.39, 0.29) is 0 Å². The molecule has 0 unspecified atom stereocenters. The third-order valence-corrected chi connectivity index (χ3v) is 4.61. The molecule has 0 atom stereocenters. The second-order valence-electron chi connectivity index (χ2n) is 5.89.